The van der Waals surface area contributed by atoms with E-state index >= 15 is 0 Å². The monoisotopic (exact) mass is 685 g/mol. The van der Waals surface area contributed by atoms with Crippen LogP contribution in [0.1, 0.15) is 124 Å². The second-order valence-electron chi connectivity index (χ2n) is 16.5. The molecule has 3 amide bonds. The molecule has 0 bridgehead atoms. The Kier molecular flexibility index (Phi) is 11.2. The zero-order valence-corrected chi connectivity index (χ0v) is 29.7. The van der Waals surface area contributed by atoms with Crippen LogP contribution in [0.25, 0.3) is 0 Å². The molecule has 5 fully saturated rings. The summed E-state index contributed by atoms with van der Waals surface area (Å²) >= 11 is 0. The lowest BCUT2D eigenvalue weighted by Crippen LogP contribution is -2.56. The van der Waals surface area contributed by atoms with E-state index in [-0.39, 0.29) is 30.6 Å². The molecule has 6 N–H and O–H groups in total. The Labute approximate surface area is 291 Å². The molecule has 2 saturated heterocycles. The van der Waals surface area contributed by atoms with Crippen molar-refractivity contribution >= 4 is 23.9 Å². The Morgan fingerprint density at radius 1 is 0.939 bits per heavy atom. The summed E-state index contributed by atoms with van der Waals surface area (Å²) < 4.78 is 5.51. The Morgan fingerprint density at radius 3 is 2.33 bits per heavy atom. The second kappa shape index (κ2) is 15.2. The highest BCUT2D eigenvalue weighted by Gasteiger charge is 2.61. The van der Waals surface area contributed by atoms with Crippen LogP contribution in [0, 0.1) is 23.7 Å². The maximum absolute atomic E-state index is 14.3. The van der Waals surface area contributed by atoms with Crippen molar-refractivity contribution in [3.05, 3.63) is 12.2 Å². The number of fused-ring (bicyclic) bond motifs is 2. The molecule has 3 aliphatic carbocycles. The van der Waals surface area contributed by atoms with Gasteiger partial charge in [0.2, 0.25) is 11.8 Å². The van der Waals surface area contributed by atoms with E-state index in [0.29, 0.717) is 31.6 Å². The van der Waals surface area contributed by atoms with Gasteiger partial charge < -0.3 is 25.4 Å². The molecule has 0 aromatic heterocycles. The van der Waals surface area contributed by atoms with Crippen molar-refractivity contribution in [3.8, 4) is 0 Å². The Morgan fingerprint density at radius 2 is 1.61 bits per heavy atom. The maximum Gasteiger partial charge on any atom is 0.408 e. The number of hydrogen-bond donors (Lipinski definition) is 6. The van der Waals surface area contributed by atoms with E-state index in [2.05, 4.69) is 27.0 Å². The van der Waals surface area contributed by atoms with Crippen LogP contribution in [-0.2, 0) is 19.1 Å². The highest BCUT2D eigenvalue weighted by molar-refractivity contribution is 5.96. The quantitative estimate of drug-likeness (QED) is 0.234. The smallest absolute Gasteiger partial charge is 0.408 e. The molecule has 0 spiro atoms. The number of allylic oxidation sites excluding steroid dienone is 1. The van der Waals surface area contributed by atoms with Crippen LogP contribution in [0.2, 0.25) is 0 Å². The van der Waals surface area contributed by atoms with Crippen LogP contribution in [-0.4, -0.2) is 81.0 Å². The molecule has 6 aliphatic rings. The zero-order chi connectivity index (χ0) is 34.8. The van der Waals surface area contributed by atoms with Crippen LogP contribution in [0.15, 0.2) is 12.2 Å². The van der Waals surface area contributed by atoms with Crippen LogP contribution >= 0.6 is 0 Å². The minimum Gasteiger partial charge on any atom is -0.479 e. The topological polar surface area (TPSA) is 164 Å². The molecule has 13 heteroatoms. The van der Waals surface area contributed by atoms with Gasteiger partial charge in [-0.1, -0.05) is 57.1 Å². The van der Waals surface area contributed by atoms with E-state index in [4.69, 9.17) is 4.74 Å². The van der Waals surface area contributed by atoms with Crippen LogP contribution in [0.3, 0.4) is 0 Å². The molecule has 3 heterocycles. The molecule has 1 unspecified atom stereocenters. The first-order valence-corrected chi connectivity index (χ1v) is 19.0. The number of hydrogen-bond acceptors (Lipinski definition) is 9. The number of carbonyl (C=O) groups is 4. The van der Waals surface area contributed by atoms with Gasteiger partial charge in [-0.05, 0) is 96.3 Å². The first-order chi connectivity index (χ1) is 23.4. The third kappa shape index (κ3) is 8.60. The Balaban J connectivity index is 1.16. The van der Waals surface area contributed by atoms with Crippen molar-refractivity contribution in [2.75, 3.05) is 6.54 Å². The Bertz CT molecular complexity index is 1240. The average Bonchev–Trinajstić information content (AvgIpc) is 3.38. The molecule has 274 valence electrons. The number of nitrogens with one attached hydrogen (secondary N) is 5. The molecule has 6 rings (SSSR count). The number of amides is 3. The van der Waals surface area contributed by atoms with E-state index < -0.39 is 41.2 Å². The summed E-state index contributed by atoms with van der Waals surface area (Å²) in [6.07, 6.45) is 19.2. The fraction of sp³-hybridized carbons (Fsp3) is 0.833. The number of rotatable bonds is 5. The van der Waals surface area contributed by atoms with Gasteiger partial charge in [0.05, 0.1) is 12.2 Å². The molecule has 3 aliphatic heterocycles. The average molecular weight is 686 g/mol. The predicted molar refractivity (Wildman–Crippen MR) is 183 cm³/mol. The number of aliphatic carboxylic acids is 1. The molecule has 49 heavy (non-hydrogen) atoms. The van der Waals surface area contributed by atoms with Gasteiger partial charge in [-0.2, -0.15) is 10.7 Å². The van der Waals surface area contributed by atoms with Gasteiger partial charge in [0.25, 0.3) is 0 Å². The van der Waals surface area contributed by atoms with Gasteiger partial charge in [-0.25, -0.2) is 20.4 Å². The molecule has 3 saturated carbocycles. The third-order valence-corrected chi connectivity index (χ3v) is 11.9. The number of hydrazine groups is 3. The predicted octanol–water partition coefficient (Wildman–Crippen LogP) is 3.87. The first kappa shape index (κ1) is 36.1. The van der Waals surface area contributed by atoms with Crippen molar-refractivity contribution in [1.82, 2.24) is 37.0 Å². The molecule has 0 aromatic rings. The molecular weight excluding hydrogens is 626 g/mol. The van der Waals surface area contributed by atoms with E-state index in [1.54, 1.807) is 20.8 Å². The van der Waals surface area contributed by atoms with Crippen molar-refractivity contribution in [2.45, 2.75) is 159 Å². The van der Waals surface area contributed by atoms with Gasteiger partial charge in [0.15, 0.2) is 0 Å². The van der Waals surface area contributed by atoms with Gasteiger partial charge in [-0.3, -0.25) is 9.59 Å². The van der Waals surface area contributed by atoms with Crippen LogP contribution in [0.4, 0.5) is 4.79 Å². The summed E-state index contributed by atoms with van der Waals surface area (Å²) in [6, 6.07) is -2.05. The standard InChI is InChI=1S/C36H59N7O6/c1-35(2,3)49-34(48)37-28-15-11-6-4-5-10-14-26-21-36(26,33(46)47)38-31(44)29-20-27(22-42(29)32(28)45)43-40-30(39-41-43)25-18-16-24(17-19-25)23-12-8-7-9-13-23/h10,14,23-30,39-41H,4-9,11-13,15-22H2,1-3H3,(H,37,48)(H,38,44)(H,46,47)/b14-10-/t24?,25?,26-,27-,28+,29+,30?,36-/m1/s1. The number of carboxylic acids is 1. The van der Waals surface area contributed by atoms with Crippen LogP contribution in [0.5, 0.6) is 0 Å². The van der Waals surface area contributed by atoms with Crippen molar-refractivity contribution in [2.24, 2.45) is 23.7 Å². The van der Waals surface area contributed by atoms with Crippen molar-refractivity contribution in [1.29, 1.82) is 0 Å². The van der Waals surface area contributed by atoms with Gasteiger partial charge in [0, 0.05) is 12.5 Å². The number of nitrogens with zero attached hydrogens (tertiary/aromatic N) is 2. The summed E-state index contributed by atoms with van der Waals surface area (Å²) in [5, 5.41) is 17.7. The van der Waals surface area contributed by atoms with E-state index in [0.717, 1.165) is 43.9 Å². The highest BCUT2D eigenvalue weighted by atomic mass is 16.6. The van der Waals surface area contributed by atoms with E-state index in [1.165, 1.54) is 49.8 Å². The maximum atomic E-state index is 14.3. The third-order valence-electron chi connectivity index (χ3n) is 11.9. The summed E-state index contributed by atoms with van der Waals surface area (Å²) in [7, 11) is 0. The minimum absolute atomic E-state index is 0.0331. The van der Waals surface area contributed by atoms with E-state index in [9.17, 15) is 24.3 Å². The van der Waals surface area contributed by atoms with Gasteiger partial charge in [-0.15, -0.1) is 0 Å². The van der Waals surface area contributed by atoms with Crippen molar-refractivity contribution < 1.29 is 29.0 Å². The summed E-state index contributed by atoms with van der Waals surface area (Å²) in [4.78, 5) is 55.2. The first-order valence-electron chi connectivity index (χ1n) is 19.0. The van der Waals surface area contributed by atoms with Crippen LogP contribution < -0.4 is 27.0 Å². The number of carboxylic acid groups (broad SMARTS) is 1. The molecule has 6 atom stereocenters. The lowest BCUT2D eigenvalue weighted by atomic mass is 9.70. The zero-order valence-electron chi connectivity index (χ0n) is 29.7. The summed E-state index contributed by atoms with van der Waals surface area (Å²) in [5.41, 5.74) is 8.19. The number of carbonyl (C=O) groups excluding carboxylic acids is 3. The minimum atomic E-state index is -1.37. The second-order valence-corrected chi connectivity index (χ2v) is 16.5. The molecule has 13 nitrogen and oxygen atoms in total. The van der Waals surface area contributed by atoms with E-state index in [1.807, 2.05) is 17.3 Å². The Hall–Kier alpha value is -2.74. The fourth-order valence-electron chi connectivity index (χ4n) is 9.04. The summed E-state index contributed by atoms with van der Waals surface area (Å²) in [5.74, 6) is -0.00771. The van der Waals surface area contributed by atoms with Crippen molar-refractivity contribution in [3.63, 3.8) is 0 Å². The SMILES string of the molecule is CC(C)(C)OC(=O)N[C@H]1CCCCC/C=C\[C@@H]2C[C@@]2(C(=O)O)NC(=O)[C@@H]2C[C@@H](N3NNC(C4CCC(C5CCCCC5)CC4)N3)CN2C1=O. The van der Waals surface area contributed by atoms with Gasteiger partial charge in [0.1, 0.15) is 23.2 Å². The number of ether oxygens (including phenoxy) is 1. The molecular formula is C36H59N7O6. The molecule has 0 radical (unpaired) electrons. The largest absolute Gasteiger partial charge is 0.479 e. The lowest BCUT2D eigenvalue weighted by molar-refractivity contribution is -0.145. The number of alkyl carbamates (subject to hydrolysis) is 1. The molecule has 0 aromatic carbocycles. The highest BCUT2D eigenvalue weighted by Crippen LogP contribution is 2.46. The lowest BCUT2D eigenvalue weighted by Gasteiger charge is -2.37. The fourth-order valence-corrected chi connectivity index (χ4v) is 9.04. The summed E-state index contributed by atoms with van der Waals surface area (Å²) in [6.45, 7) is 5.54. The van der Waals surface area contributed by atoms with Gasteiger partial charge >= 0.3 is 12.1 Å². The normalized spacial score (nSPS) is 37.6.